The van der Waals surface area contributed by atoms with Crippen LogP contribution in [0.15, 0.2) is 29.4 Å². The van der Waals surface area contributed by atoms with Gasteiger partial charge in [-0.1, -0.05) is 36.0 Å². The van der Waals surface area contributed by atoms with Gasteiger partial charge in [-0.15, -0.1) is 10.2 Å². The van der Waals surface area contributed by atoms with Gasteiger partial charge in [0.2, 0.25) is 5.91 Å². The molecule has 0 bridgehead atoms. The van der Waals surface area contributed by atoms with Crippen molar-refractivity contribution in [2.24, 2.45) is 5.73 Å². The maximum Gasteiger partial charge on any atom is 0.218 e. The molecule has 2 aromatic rings. The van der Waals surface area contributed by atoms with Crippen LogP contribution in [0.5, 0.6) is 0 Å². The quantitative estimate of drug-likeness (QED) is 0.828. The molecule has 0 spiro atoms. The number of carbonyl (C=O) groups excluding carboxylic acids is 1. The van der Waals surface area contributed by atoms with Crippen molar-refractivity contribution in [2.75, 3.05) is 5.75 Å². The van der Waals surface area contributed by atoms with E-state index in [-0.39, 0.29) is 5.91 Å². The van der Waals surface area contributed by atoms with Crippen molar-refractivity contribution in [2.45, 2.75) is 32.0 Å². The van der Waals surface area contributed by atoms with E-state index in [0.29, 0.717) is 12.2 Å². The van der Waals surface area contributed by atoms with Crippen molar-refractivity contribution in [3.63, 3.8) is 0 Å². The molecule has 20 heavy (non-hydrogen) atoms. The molecule has 0 fully saturated rings. The van der Waals surface area contributed by atoms with Gasteiger partial charge in [0.05, 0.1) is 0 Å². The van der Waals surface area contributed by atoms with Crippen LogP contribution in [0.3, 0.4) is 0 Å². The van der Waals surface area contributed by atoms with E-state index in [0.717, 1.165) is 23.1 Å². The fourth-order valence-corrected chi connectivity index (χ4v) is 2.90. The number of nitrogens with two attached hydrogens (primary N) is 1. The number of nitrogens with zero attached hydrogens (tertiary/aromatic N) is 3. The van der Waals surface area contributed by atoms with Gasteiger partial charge in [-0.3, -0.25) is 4.79 Å². The Balaban J connectivity index is 2.26. The summed E-state index contributed by atoms with van der Waals surface area (Å²) in [4.78, 5) is 10.8. The number of hydrogen-bond acceptors (Lipinski definition) is 4. The lowest BCUT2D eigenvalue weighted by Gasteiger charge is -2.08. The second-order valence-corrected chi connectivity index (χ2v) is 5.49. The summed E-state index contributed by atoms with van der Waals surface area (Å²) in [6.07, 6.45) is 0.348. The minimum atomic E-state index is -0.292. The normalized spacial score (nSPS) is 10.7. The van der Waals surface area contributed by atoms with Crippen molar-refractivity contribution >= 4 is 17.7 Å². The van der Waals surface area contributed by atoms with Crippen molar-refractivity contribution < 1.29 is 4.79 Å². The minimum absolute atomic E-state index is 0.292. The molecule has 0 aliphatic heterocycles. The molecule has 2 N–H and O–H groups in total. The third-order valence-electron chi connectivity index (χ3n) is 3.00. The van der Waals surface area contributed by atoms with Gasteiger partial charge in [0.1, 0.15) is 0 Å². The second kappa shape index (κ2) is 6.56. The molecule has 1 aromatic heterocycles. The van der Waals surface area contributed by atoms with Gasteiger partial charge in [0.15, 0.2) is 11.0 Å². The summed E-state index contributed by atoms with van der Waals surface area (Å²) in [5, 5.41) is 9.34. The molecule has 1 heterocycles. The molecular formula is C14H18N4OS. The predicted octanol–water partition coefficient (Wildman–Crippen LogP) is 2.24. The SMILES string of the molecule is CCn1c(SCCC(N)=O)nnc1-c1ccccc1C. The van der Waals surface area contributed by atoms with E-state index in [4.69, 9.17) is 5.73 Å². The first kappa shape index (κ1) is 14.6. The average Bonchev–Trinajstić information content (AvgIpc) is 2.81. The fourth-order valence-electron chi connectivity index (χ4n) is 1.95. The van der Waals surface area contributed by atoms with Crippen LogP contribution in [0.25, 0.3) is 11.4 Å². The Hall–Kier alpha value is -1.82. The van der Waals surface area contributed by atoms with Crippen LogP contribution >= 0.6 is 11.8 Å². The molecule has 0 aliphatic carbocycles. The Morgan fingerprint density at radius 2 is 2.10 bits per heavy atom. The molecule has 0 saturated carbocycles. The number of carbonyl (C=O) groups is 1. The lowest BCUT2D eigenvalue weighted by atomic mass is 10.1. The molecule has 0 saturated heterocycles. The number of hydrogen-bond donors (Lipinski definition) is 1. The lowest BCUT2D eigenvalue weighted by Crippen LogP contribution is -2.11. The average molecular weight is 290 g/mol. The van der Waals surface area contributed by atoms with Gasteiger partial charge in [-0.05, 0) is 19.4 Å². The Morgan fingerprint density at radius 1 is 1.35 bits per heavy atom. The molecule has 6 heteroatoms. The topological polar surface area (TPSA) is 73.8 Å². The van der Waals surface area contributed by atoms with Crippen LogP contribution < -0.4 is 5.73 Å². The van der Waals surface area contributed by atoms with Gasteiger partial charge >= 0.3 is 0 Å². The molecule has 1 aromatic carbocycles. The predicted molar refractivity (Wildman–Crippen MR) is 80.4 cm³/mol. The Labute approximate surface area is 122 Å². The first-order chi connectivity index (χ1) is 9.63. The third kappa shape index (κ3) is 3.19. The van der Waals surface area contributed by atoms with Crippen LogP contribution in [0.1, 0.15) is 18.9 Å². The smallest absolute Gasteiger partial charge is 0.218 e. The zero-order valence-corrected chi connectivity index (χ0v) is 12.5. The van der Waals surface area contributed by atoms with Gasteiger partial charge in [-0.25, -0.2) is 0 Å². The van der Waals surface area contributed by atoms with E-state index in [1.54, 1.807) is 0 Å². The number of rotatable bonds is 6. The number of primary amides is 1. The summed E-state index contributed by atoms with van der Waals surface area (Å²) < 4.78 is 2.06. The second-order valence-electron chi connectivity index (χ2n) is 4.43. The molecule has 2 rings (SSSR count). The summed E-state index contributed by atoms with van der Waals surface area (Å²) in [7, 11) is 0. The first-order valence-electron chi connectivity index (χ1n) is 6.53. The van der Waals surface area contributed by atoms with Crippen molar-refractivity contribution in [3.05, 3.63) is 29.8 Å². The highest BCUT2D eigenvalue weighted by molar-refractivity contribution is 7.99. The number of amides is 1. The number of benzene rings is 1. The molecule has 0 radical (unpaired) electrons. The maximum absolute atomic E-state index is 10.8. The number of thioether (sulfide) groups is 1. The highest BCUT2D eigenvalue weighted by Crippen LogP contribution is 2.26. The summed E-state index contributed by atoms with van der Waals surface area (Å²) in [5.41, 5.74) is 7.40. The van der Waals surface area contributed by atoms with Crippen LogP contribution in [-0.4, -0.2) is 26.4 Å². The fraction of sp³-hybridized carbons (Fsp3) is 0.357. The summed E-state index contributed by atoms with van der Waals surface area (Å²) in [5.74, 6) is 1.20. The molecule has 0 atom stereocenters. The zero-order chi connectivity index (χ0) is 14.5. The number of aromatic nitrogens is 3. The van der Waals surface area contributed by atoms with Crippen molar-refractivity contribution in [1.82, 2.24) is 14.8 Å². The molecule has 5 nitrogen and oxygen atoms in total. The van der Waals surface area contributed by atoms with E-state index in [9.17, 15) is 4.79 Å². The van der Waals surface area contributed by atoms with E-state index >= 15 is 0 Å². The van der Waals surface area contributed by atoms with Crippen molar-refractivity contribution in [3.8, 4) is 11.4 Å². The summed E-state index contributed by atoms with van der Waals surface area (Å²) in [6.45, 7) is 4.91. The zero-order valence-electron chi connectivity index (χ0n) is 11.7. The Morgan fingerprint density at radius 3 is 2.75 bits per heavy atom. The van der Waals surface area contributed by atoms with Gasteiger partial charge in [-0.2, -0.15) is 0 Å². The largest absolute Gasteiger partial charge is 0.370 e. The van der Waals surface area contributed by atoms with Gasteiger partial charge in [0.25, 0.3) is 0 Å². The molecule has 106 valence electrons. The molecule has 1 amide bonds. The summed E-state index contributed by atoms with van der Waals surface area (Å²) in [6, 6.07) is 8.11. The molecule has 0 unspecified atom stereocenters. The minimum Gasteiger partial charge on any atom is -0.370 e. The van der Waals surface area contributed by atoms with Crippen molar-refractivity contribution in [1.29, 1.82) is 0 Å². The van der Waals surface area contributed by atoms with Crippen LogP contribution in [0.2, 0.25) is 0 Å². The highest BCUT2D eigenvalue weighted by atomic mass is 32.2. The highest BCUT2D eigenvalue weighted by Gasteiger charge is 2.14. The van der Waals surface area contributed by atoms with Crippen LogP contribution in [0, 0.1) is 6.92 Å². The molecular weight excluding hydrogens is 272 g/mol. The summed E-state index contributed by atoms with van der Waals surface area (Å²) >= 11 is 1.51. The Kier molecular flexibility index (Phi) is 4.79. The lowest BCUT2D eigenvalue weighted by molar-refractivity contribution is -0.117. The Bertz CT molecular complexity index is 609. The van der Waals surface area contributed by atoms with E-state index in [2.05, 4.69) is 34.7 Å². The van der Waals surface area contributed by atoms with Crippen LogP contribution in [0.4, 0.5) is 0 Å². The van der Waals surface area contributed by atoms with E-state index < -0.39 is 0 Å². The van der Waals surface area contributed by atoms with Gasteiger partial charge in [0, 0.05) is 24.3 Å². The van der Waals surface area contributed by atoms with E-state index in [1.165, 1.54) is 17.3 Å². The third-order valence-corrected chi connectivity index (χ3v) is 3.97. The standard InChI is InChI=1S/C14H18N4OS/c1-3-18-13(11-7-5-4-6-10(11)2)16-17-14(18)20-9-8-12(15)19/h4-7H,3,8-9H2,1-2H3,(H2,15,19). The van der Waals surface area contributed by atoms with Crippen LogP contribution in [-0.2, 0) is 11.3 Å². The van der Waals surface area contributed by atoms with Gasteiger partial charge < -0.3 is 10.3 Å². The first-order valence-corrected chi connectivity index (χ1v) is 7.52. The monoisotopic (exact) mass is 290 g/mol. The number of aryl methyl sites for hydroxylation is 1. The van der Waals surface area contributed by atoms with E-state index in [1.807, 2.05) is 18.2 Å². The molecule has 0 aliphatic rings. The maximum atomic E-state index is 10.8.